The molecule has 0 fully saturated rings. The maximum absolute atomic E-state index is 12.3. The van der Waals surface area contributed by atoms with E-state index in [1.165, 1.54) is 5.56 Å². The molecular formula is C22H23N3O3. The number of aromatic nitrogens is 1. The highest BCUT2D eigenvalue weighted by molar-refractivity contribution is 5.91. The Morgan fingerprint density at radius 2 is 1.79 bits per heavy atom. The summed E-state index contributed by atoms with van der Waals surface area (Å²) in [5, 5.41) is 6.09. The number of benzene rings is 2. The first kappa shape index (κ1) is 19.2. The molecule has 0 aliphatic carbocycles. The van der Waals surface area contributed by atoms with Crippen LogP contribution in [0.3, 0.4) is 0 Å². The summed E-state index contributed by atoms with van der Waals surface area (Å²) in [5.74, 6) is 1.57. The average Bonchev–Trinajstić information content (AvgIpc) is 2.69. The molecule has 0 aliphatic heterocycles. The molecule has 0 spiro atoms. The fraction of sp³-hybridized carbons (Fsp3) is 0.182. The highest BCUT2D eigenvalue weighted by Crippen LogP contribution is 2.27. The highest BCUT2D eigenvalue weighted by atomic mass is 16.5. The Kier molecular flexibility index (Phi) is 6.11. The van der Waals surface area contributed by atoms with E-state index in [2.05, 4.69) is 21.7 Å². The molecule has 1 aromatic heterocycles. The van der Waals surface area contributed by atoms with E-state index in [0.717, 1.165) is 16.9 Å². The minimum absolute atomic E-state index is 0.154. The van der Waals surface area contributed by atoms with Crippen LogP contribution in [0.1, 0.15) is 11.1 Å². The van der Waals surface area contributed by atoms with Crippen molar-refractivity contribution in [1.29, 1.82) is 0 Å². The number of nitrogens with one attached hydrogen (secondary N) is 2. The second-order valence-electron chi connectivity index (χ2n) is 6.34. The summed E-state index contributed by atoms with van der Waals surface area (Å²) in [6.45, 7) is 2.04. The van der Waals surface area contributed by atoms with Crippen LogP contribution < -0.4 is 20.1 Å². The van der Waals surface area contributed by atoms with Crippen LogP contribution in [0.5, 0.6) is 11.5 Å². The van der Waals surface area contributed by atoms with Crippen LogP contribution >= 0.6 is 0 Å². The lowest BCUT2D eigenvalue weighted by atomic mass is 10.1. The second-order valence-corrected chi connectivity index (χ2v) is 6.34. The molecule has 2 aromatic carbocycles. The molecular weight excluding hydrogens is 354 g/mol. The van der Waals surface area contributed by atoms with E-state index in [-0.39, 0.29) is 12.3 Å². The van der Waals surface area contributed by atoms with Crippen LogP contribution in [0.15, 0.2) is 60.8 Å². The largest absolute Gasteiger partial charge is 0.493 e. The van der Waals surface area contributed by atoms with Gasteiger partial charge < -0.3 is 20.1 Å². The lowest BCUT2D eigenvalue weighted by Gasteiger charge is -2.10. The standard InChI is InChI=1S/C22H23N3O3/c1-15-5-4-6-17(11-15)24-18-8-10-21(23-14-18)25-22(26)13-16-7-9-19(27-2)20(12-16)28-3/h4-12,14,24H,13H2,1-3H3,(H,23,25,26). The van der Waals surface area contributed by atoms with Crippen LogP contribution in [0.25, 0.3) is 0 Å². The van der Waals surface area contributed by atoms with Crippen LogP contribution in [0.4, 0.5) is 17.2 Å². The third kappa shape index (κ3) is 5.01. The number of anilines is 3. The van der Waals surface area contributed by atoms with E-state index in [4.69, 9.17) is 9.47 Å². The van der Waals surface area contributed by atoms with Crippen molar-refractivity contribution >= 4 is 23.1 Å². The lowest BCUT2D eigenvalue weighted by Crippen LogP contribution is -2.15. The summed E-state index contributed by atoms with van der Waals surface area (Å²) in [7, 11) is 3.14. The molecule has 6 nitrogen and oxygen atoms in total. The van der Waals surface area contributed by atoms with Gasteiger partial charge in [0.1, 0.15) is 5.82 Å². The molecule has 0 aliphatic rings. The summed E-state index contributed by atoms with van der Waals surface area (Å²) in [4.78, 5) is 16.6. The molecule has 3 aromatic rings. The number of methoxy groups -OCH3 is 2. The number of rotatable bonds is 7. The van der Waals surface area contributed by atoms with Gasteiger partial charge in [0.2, 0.25) is 5.91 Å². The van der Waals surface area contributed by atoms with Gasteiger partial charge in [0.25, 0.3) is 0 Å². The number of carbonyl (C=O) groups is 1. The van der Waals surface area contributed by atoms with E-state index in [0.29, 0.717) is 17.3 Å². The third-order valence-corrected chi connectivity index (χ3v) is 4.15. The van der Waals surface area contributed by atoms with Crippen molar-refractivity contribution in [2.75, 3.05) is 24.9 Å². The zero-order valence-corrected chi connectivity index (χ0v) is 16.2. The first-order valence-corrected chi connectivity index (χ1v) is 8.88. The van der Waals surface area contributed by atoms with E-state index < -0.39 is 0 Å². The van der Waals surface area contributed by atoms with Crippen molar-refractivity contribution in [3.05, 3.63) is 71.9 Å². The van der Waals surface area contributed by atoms with Gasteiger partial charge in [-0.25, -0.2) is 4.98 Å². The lowest BCUT2D eigenvalue weighted by molar-refractivity contribution is -0.115. The predicted molar refractivity (Wildman–Crippen MR) is 111 cm³/mol. The molecule has 2 N–H and O–H groups in total. The number of nitrogens with zero attached hydrogens (tertiary/aromatic N) is 1. The van der Waals surface area contributed by atoms with Gasteiger partial charge in [0.15, 0.2) is 11.5 Å². The van der Waals surface area contributed by atoms with Gasteiger partial charge in [-0.05, 0) is 54.4 Å². The Labute approximate surface area is 164 Å². The smallest absolute Gasteiger partial charge is 0.229 e. The Morgan fingerprint density at radius 3 is 2.46 bits per heavy atom. The third-order valence-electron chi connectivity index (χ3n) is 4.15. The summed E-state index contributed by atoms with van der Waals surface area (Å²) in [5.41, 5.74) is 3.85. The molecule has 1 heterocycles. The number of hydrogen-bond donors (Lipinski definition) is 2. The number of pyridine rings is 1. The number of carbonyl (C=O) groups excluding carboxylic acids is 1. The Morgan fingerprint density at radius 1 is 0.964 bits per heavy atom. The second kappa shape index (κ2) is 8.90. The van der Waals surface area contributed by atoms with E-state index >= 15 is 0 Å². The fourth-order valence-electron chi connectivity index (χ4n) is 2.79. The van der Waals surface area contributed by atoms with Crippen LogP contribution in [-0.4, -0.2) is 25.1 Å². The molecule has 144 valence electrons. The number of hydrogen-bond acceptors (Lipinski definition) is 5. The molecule has 3 rings (SSSR count). The molecule has 6 heteroatoms. The molecule has 1 amide bonds. The minimum atomic E-state index is -0.154. The number of ether oxygens (including phenoxy) is 2. The predicted octanol–water partition coefficient (Wildman–Crippen LogP) is 4.33. The van der Waals surface area contributed by atoms with Crippen molar-refractivity contribution in [3.8, 4) is 11.5 Å². The Hall–Kier alpha value is -3.54. The fourth-order valence-corrected chi connectivity index (χ4v) is 2.79. The molecule has 0 saturated carbocycles. The van der Waals surface area contributed by atoms with Crippen LogP contribution in [-0.2, 0) is 11.2 Å². The minimum Gasteiger partial charge on any atom is -0.493 e. The summed E-state index contributed by atoms with van der Waals surface area (Å²) >= 11 is 0. The first-order valence-electron chi connectivity index (χ1n) is 8.88. The van der Waals surface area contributed by atoms with Gasteiger partial charge >= 0.3 is 0 Å². The topological polar surface area (TPSA) is 72.5 Å². The van der Waals surface area contributed by atoms with Gasteiger partial charge in [-0.2, -0.15) is 0 Å². The number of aryl methyl sites for hydroxylation is 1. The highest BCUT2D eigenvalue weighted by Gasteiger charge is 2.09. The molecule has 0 saturated heterocycles. The van der Waals surface area contributed by atoms with E-state index in [1.807, 2.05) is 37.3 Å². The van der Waals surface area contributed by atoms with Crippen LogP contribution in [0.2, 0.25) is 0 Å². The molecule has 0 radical (unpaired) electrons. The van der Waals surface area contributed by atoms with Gasteiger partial charge in [0, 0.05) is 5.69 Å². The molecule has 0 bridgehead atoms. The Balaban J connectivity index is 1.60. The maximum atomic E-state index is 12.3. The summed E-state index contributed by atoms with van der Waals surface area (Å²) in [6, 6.07) is 17.1. The van der Waals surface area contributed by atoms with Crippen molar-refractivity contribution in [3.63, 3.8) is 0 Å². The SMILES string of the molecule is COc1ccc(CC(=O)Nc2ccc(Nc3cccc(C)c3)cn2)cc1OC. The van der Waals surface area contributed by atoms with Crippen molar-refractivity contribution in [2.45, 2.75) is 13.3 Å². The maximum Gasteiger partial charge on any atom is 0.229 e. The van der Waals surface area contributed by atoms with Gasteiger partial charge in [-0.15, -0.1) is 0 Å². The van der Waals surface area contributed by atoms with Crippen molar-refractivity contribution < 1.29 is 14.3 Å². The molecule has 0 unspecified atom stereocenters. The zero-order chi connectivity index (χ0) is 19.9. The molecule has 0 atom stereocenters. The van der Waals surface area contributed by atoms with E-state index in [1.54, 1.807) is 38.6 Å². The zero-order valence-electron chi connectivity index (χ0n) is 16.2. The van der Waals surface area contributed by atoms with Gasteiger partial charge in [-0.3, -0.25) is 4.79 Å². The normalized spacial score (nSPS) is 10.2. The van der Waals surface area contributed by atoms with Gasteiger partial charge in [0.05, 0.1) is 32.5 Å². The van der Waals surface area contributed by atoms with E-state index in [9.17, 15) is 4.79 Å². The molecule has 28 heavy (non-hydrogen) atoms. The van der Waals surface area contributed by atoms with Crippen LogP contribution in [0, 0.1) is 6.92 Å². The summed E-state index contributed by atoms with van der Waals surface area (Å²) < 4.78 is 10.5. The monoisotopic (exact) mass is 377 g/mol. The summed E-state index contributed by atoms with van der Waals surface area (Å²) in [6.07, 6.45) is 1.90. The average molecular weight is 377 g/mol. The van der Waals surface area contributed by atoms with Crippen molar-refractivity contribution in [1.82, 2.24) is 4.98 Å². The Bertz CT molecular complexity index is 955. The number of amides is 1. The quantitative estimate of drug-likeness (QED) is 0.641. The van der Waals surface area contributed by atoms with Gasteiger partial charge in [-0.1, -0.05) is 18.2 Å². The first-order chi connectivity index (χ1) is 13.6. The van der Waals surface area contributed by atoms with Crippen molar-refractivity contribution in [2.24, 2.45) is 0 Å².